The van der Waals surface area contributed by atoms with Crippen LogP contribution in [-0.2, 0) is 14.3 Å². The van der Waals surface area contributed by atoms with Crippen molar-refractivity contribution in [2.75, 3.05) is 24.6 Å². The third kappa shape index (κ3) is 5.09. The van der Waals surface area contributed by atoms with E-state index >= 15 is 0 Å². The maximum absolute atomic E-state index is 12.8. The van der Waals surface area contributed by atoms with Crippen molar-refractivity contribution in [1.29, 1.82) is 0 Å². The number of carbonyl (C=O) groups excluding carboxylic acids is 2. The minimum absolute atomic E-state index is 0.00357. The van der Waals surface area contributed by atoms with Crippen molar-refractivity contribution in [3.05, 3.63) is 89.5 Å². The van der Waals surface area contributed by atoms with Crippen molar-refractivity contribution in [3.8, 4) is 11.1 Å². The maximum atomic E-state index is 12.8. The van der Waals surface area contributed by atoms with Crippen LogP contribution in [0.4, 0.5) is 10.5 Å². The normalized spacial score (nSPS) is 11.9. The second-order valence-corrected chi connectivity index (χ2v) is 8.20. The van der Waals surface area contributed by atoms with E-state index in [1.165, 1.54) is 4.90 Å². The fourth-order valence-electron chi connectivity index (χ4n) is 4.22. The van der Waals surface area contributed by atoms with Crippen LogP contribution in [0.25, 0.3) is 11.1 Å². The largest absolute Gasteiger partial charge is 0.481 e. The number of hydrogen-bond acceptors (Lipinski definition) is 4. The molecule has 0 bridgehead atoms. The molecule has 1 aliphatic rings. The predicted octanol–water partition coefficient (Wildman–Crippen LogP) is 4.34. The summed E-state index contributed by atoms with van der Waals surface area (Å²) >= 11 is 0. The van der Waals surface area contributed by atoms with Gasteiger partial charge < -0.3 is 20.1 Å². The number of fused-ring (bicyclic) bond motifs is 3. The maximum Gasteiger partial charge on any atom is 0.407 e. The Morgan fingerprint density at radius 2 is 1.50 bits per heavy atom. The molecule has 34 heavy (non-hydrogen) atoms. The minimum atomic E-state index is -1.01. The number of ether oxygens (including phenoxy) is 1. The van der Waals surface area contributed by atoms with Gasteiger partial charge in [-0.3, -0.25) is 9.59 Å². The number of carboxylic acid groups (broad SMARTS) is 1. The van der Waals surface area contributed by atoms with Crippen molar-refractivity contribution < 1.29 is 24.2 Å². The van der Waals surface area contributed by atoms with Crippen LogP contribution in [0.3, 0.4) is 0 Å². The first-order valence-electron chi connectivity index (χ1n) is 11.1. The molecule has 0 fully saturated rings. The Labute approximate surface area is 198 Å². The highest BCUT2D eigenvalue weighted by Crippen LogP contribution is 2.44. The molecule has 0 unspecified atom stereocenters. The molecule has 3 aromatic rings. The van der Waals surface area contributed by atoms with Crippen LogP contribution in [-0.4, -0.2) is 42.8 Å². The monoisotopic (exact) mass is 458 g/mol. The zero-order chi connectivity index (χ0) is 24.1. The molecule has 7 heteroatoms. The number of nitrogens with zero attached hydrogens (tertiary/aromatic N) is 1. The number of nitrogens with one attached hydrogen (secondary N) is 1. The van der Waals surface area contributed by atoms with Gasteiger partial charge in [-0.15, -0.1) is 0 Å². The van der Waals surface area contributed by atoms with Gasteiger partial charge in [-0.05, 0) is 41.3 Å². The van der Waals surface area contributed by atoms with Gasteiger partial charge in [0.25, 0.3) is 0 Å². The van der Waals surface area contributed by atoms with Gasteiger partial charge in [0.15, 0.2) is 0 Å². The van der Waals surface area contributed by atoms with Crippen LogP contribution in [0.15, 0.2) is 72.8 Å². The third-order valence-corrected chi connectivity index (χ3v) is 5.92. The Kier molecular flexibility index (Phi) is 6.92. The molecule has 174 valence electrons. The van der Waals surface area contributed by atoms with E-state index in [-0.39, 0.29) is 32.0 Å². The van der Waals surface area contributed by atoms with Crippen LogP contribution in [0.2, 0.25) is 0 Å². The van der Waals surface area contributed by atoms with Gasteiger partial charge in [0.1, 0.15) is 13.2 Å². The zero-order valence-electron chi connectivity index (χ0n) is 18.9. The van der Waals surface area contributed by atoms with Crippen molar-refractivity contribution in [3.63, 3.8) is 0 Å². The van der Waals surface area contributed by atoms with E-state index in [9.17, 15) is 14.4 Å². The Bertz CT molecular complexity index is 1160. The van der Waals surface area contributed by atoms with Gasteiger partial charge in [0.2, 0.25) is 5.91 Å². The number of hydrogen-bond donors (Lipinski definition) is 2. The number of benzene rings is 3. The van der Waals surface area contributed by atoms with Crippen molar-refractivity contribution in [2.24, 2.45) is 0 Å². The van der Waals surface area contributed by atoms with E-state index in [4.69, 9.17) is 9.84 Å². The van der Waals surface area contributed by atoms with E-state index < -0.39 is 18.0 Å². The van der Waals surface area contributed by atoms with E-state index in [1.807, 2.05) is 55.5 Å². The van der Waals surface area contributed by atoms with Crippen molar-refractivity contribution >= 4 is 23.7 Å². The summed E-state index contributed by atoms with van der Waals surface area (Å²) in [7, 11) is 0. The van der Waals surface area contributed by atoms with E-state index in [0.717, 1.165) is 27.8 Å². The smallest absolute Gasteiger partial charge is 0.407 e. The second kappa shape index (κ2) is 10.2. The van der Waals surface area contributed by atoms with Crippen molar-refractivity contribution in [2.45, 2.75) is 19.3 Å². The molecule has 0 aliphatic heterocycles. The molecule has 0 saturated carbocycles. The average Bonchev–Trinajstić information content (AvgIpc) is 3.16. The van der Waals surface area contributed by atoms with Crippen LogP contribution < -0.4 is 10.2 Å². The quantitative estimate of drug-likeness (QED) is 0.524. The number of amides is 2. The number of alkyl carbamates (subject to hydrolysis) is 1. The molecule has 0 saturated heterocycles. The lowest BCUT2D eigenvalue weighted by molar-refractivity contribution is -0.136. The molecular weight excluding hydrogens is 432 g/mol. The molecule has 3 aromatic carbocycles. The van der Waals surface area contributed by atoms with Gasteiger partial charge in [-0.2, -0.15) is 0 Å². The Morgan fingerprint density at radius 3 is 2.09 bits per heavy atom. The highest BCUT2D eigenvalue weighted by atomic mass is 16.5. The van der Waals surface area contributed by atoms with E-state index in [0.29, 0.717) is 5.69 Å². The number of carboxylic acids is 1. The van der Waals surface area contributed by atoms with Crippen molar-refractivity contribution in [1.82, 2.24) is 5.32 Å². The third-order valence-electron chi connectivity index (χ3n) is 5.92. The molecule has 1 aliphatic carbocycles. The van der Waals surface area contributed by atoms with Gasteiger partial charge in [0.05, 0.1) is 6.42 Å². The summed E-state index contributed by atoms with van der Waals surface area (Å²) in [6, 6.07) is 23.3. The first-order chi connectivity index (χ1) is 16.4. The van der Waals surface area contributed by atoms with Gasteiger partial charge in [-0.1, -0.05) is 66.2 Å². The summed E-state index contributed by atoms with van der Waals surface area (Å²) in [5, 5.41) is 11.5. The molecule has 0 radical (unpaired) electrons. The molecule has 0 aromatic heterocycles. The molecule has 0 atom stereocenters. The van der Waals surface area contributed by atoms with Crippen LogP contribution in [0.5, 0.6) is 0 Å². The summed E-state index contributed by atoms with van der Waals surface area (Å²) in [5.74, 6) is -1.50. The molecule has 0 heterocycles. The SMILES string of the molecule is Cc1ccc(N(CCC(=O)O)C(=O)CNC(=O)OCC2c3ccccc3-c3ccccc32)cc1. The predicted molar refractivity (Wildman–Crippen MR) is 129 cm³/mol. The summed E-state index contributed by atoms with van der Waals surface area (Å²) in [6.45, 7) is 1.77. The summed E-state index contributed by atoms with van der Waals surface area (Å²) in [6.07, 6.45) is -0.901. The fourth-order valence-corrected chi connectivity index (χ4v) is 4.22. The first kappa shape index (κ1) is 23.0. The number of aliphatic carboxylic acids is 1. The first-order valence-corrected chi connectivity index (χ1v) is 11.1. The van der Waals surface area contributed by atoms with Gasteiger partial charge in [0, 0.05) is 18.2 Å². The molecule has 4 rings (SSSR count). The topological polar surface area (TPSA) is 95.9 Å². The number of carbonyl (C=O) groups is 3. The summed E-state index contributed by atoms with van der Waals surface area (Å²) in [5.41, 5.74) is 6.07. The van der Waals surface area contributed by atoms with Gasteiger partial charge >= 0.3 is 12.1 Å². The molecular formula is C27H26N2O5. The molecule has 7 nitrogen and oxygen atoms in total. The zero-order valence-corrected chi connectivity index (χ0v) is 18.9. The Morgan fingerprint density at radius 1 is 0.912 bits per heavy atom. The molecule has 2 amide bonds. The lowest BCUT2D eigenvalue weighted by Gasteiger charge is -2.22. The minimum Gasteiger partial charge on any atom is -0.481 e. The lowest BCUT2D eigenvalue weighted by Crippen LogP contribution is -2.41. The highest BCUT2D eigenvalue weighted by Gasteiger charge is 2.29. The Hall–Kier alpha value is -4.13. The fraction of sp³-hybridized carbons (Fsp3) is 0.222. The molecule has 2 N–H and O–H groups in total. The Balaban J connectivity index is 1.37. The number of anilines is 1. The van der Waals surface area contributed by atoms with Crippen LogP contribution in [0, 0.1) is 6.92 Å². The standard InChI is InChI=1S/C27H26N2O5/c1-18-10-12-19(13-11-18)29(15-14-26(31)32)25(30)16-28-27(33)34-17-24-22-8-4-2-6-20(22)21-7-3-5-9-23(21)24/h2-13,24H,14-17H2,1H3,(H,28,33)(H,31,32). The number of aryl methyl sites for hydroxylation is 1. The van der Waals surface area contributed by atoms with Gasteiger partial charge in [-0.25, -0.2) is 4.79 Å². The summed E-state index contributed by atoms with van der Waals surface area (Å²) in [4.78, 5) is 37.6. The van der Waals surface area contributed by atoms with E-state index in [1.54, 1.807) is 12.1 Å². The summed E-state index contributed by atoms with van der Waals surface area (Å²) < 4.78 is 5.47. The average molecular weight is 459 g/mol. The van der Waals surface area contributed by atoms with Crippen LogP contribution >= 0.6 is 0 Å². The highest BCUT2D eigenvalue weighted by molar-refractivity contribution is 5.96. The molecule has 0 spiro atoms. The second-order valence-electron chi connectivity index (χ2n) is 8.20. The number of rotatable bonds is 8. The lowest BCUT2D eigenvalue weighted by atomic mass is 9.98. The van der Waals surface area contributed by atoms with Crippen LogP contribution in [0.1, 0.15) is 29.0 Å². The van der Waals surface area contributed by atoms with E-state index in [2.05, 4.69) is 17.4 Å².